The van der Waals surface area contributed by atoms with Crippen LogP contribution >= 0.6 is 0 Å². The first-order valence-corrected chi connectivity index (χ1v) is 7.97. The second-order valence-electron chi connectivity index (χ2n) is 4.77. The lowest BCUT2D eigenvalue weighted by Crippen LogP contribution is -2.14. The van der Waals surface area contributed by atoms with Gasteiger partial charge in [0.05, 0.1) is 10.6 Å². The van der Waals surface area contributed by atoms with Crippen LogP contribution in [0, 0.1) is 6.92 Å². The fraction of sp³-hybridized carbons (Fsp3) is 0.0625. The molecule has 0 saturated heterocycles. The molecule has 0 bridgehead atoms. The van der Waals surface area contributed by atoms with Crippen LogP contribution in [0.4, 0.5) is 5.69 Å². The van der Waals surface area contributed by atoms with Crippen molar-refractivity contribution in [3.8, 4) is 0 Å². The van der Waals surface area contributed by atoms with E-state index in [1.54, 1.807) is 55.7 Å². The van der Waals surface area contributed by atoms with Gasteiger partial charge in [0.15, 0.2) is 0 Å². The summed E-state index contributed by atoms with van der Waals surface area (Å²) >= 11 is 0. The van der Waals surface area contributed by atoms with Gasteiger partial charge in [0.2, 0.25) is 0 Å². The summed E-state index contributed by atoms with van der Waals surface area (Å²) in [6, 6.07) is 14.2. The second-order valence-corrected chi connectivity index (χ2v) is 6.42. The molecule has 3 aromatic rings. The molecule has 0 radical (unpaired) electrons. The van der Waals surface area contributed by atoms with Crippen molar-refractivity contribution in [2.45, 2.75) is 11.8 Å². The van der Waals surface area contributed by atoms with Crippen LogP contribution in [-0.2, 0) is 10.0 Å². The van der Waals surface area contributed by atoms with E-state index in [0.717, 1.165) is 10.8 Å². The number of anilines is 1. The molecule has 21 heavy (non-hydrogen) atoms. The Labute approximate surface area is 123 Å². The maximum Gasteiger partial charge on any atom is 0.262 e. The number of benzene rings is 2. The first kappa shape index (κ1) is 13.6. The number of rotatable bonds is 3. The zero-order valence-corrected chi connectivity index (χ0v) is 12.3. The lowest BCUT2D eigenvalue weighted by atomic mass is 10.1. The first-order chi connectivity index (χ1) is 10.1. The van der Waals surface area contributed by atoms with Crippen molar-refractivity contribution in [1.29, 1.82) is 0 Å². The number of sulfonamides is 1. The monoisotopic (exact) mass is 298 g/mol. The van der Waals surface area contributed by atoms with Gasteiger partial charge in [0, 0.05) is 23.2 Å². The molecule has 1 N–H and O–H groups in total. The van der Waals surface area contributed by atoms with Crippen molar-refractivity contribution < 1.29 is 8.42 Å². The van der Waals surface area contributed by atoms with Crippen molar-refractivity contribution in [3.05, 3.63) is 66.5 Å². The van der Waals surface area contributed by atoms with Crippen LogP contribution in [0.1, 0.15) is 5.56 Å². The largest absolute Gasteiger partial charge is 0.279 e. The Hall–Kier alpha value is -2.40. The Morgan fingerprint density at radius 1 is 1.00 bits per heavy atom. The molecular formula is C16H14N2O2S. The van der Waals surface area contributed by atoms with Crippen LogP contribution in [0.25, 0.3) is 10.8 Å². The van der Waals surface area contributed by atoms with Gasteiger partial charge in [-0.05, 0) is 30.7 Å². The van der Waals surface area contributed by atoms with E-state index in [9.17, 15) is 8.42 Å². The van der Waals surface area contributed by atoms with Gasteiger partial charge >= 0.3 is 0 Å². The maximum absolute atomic E-state index is 12.5. The van der Waals surface area contributed by atoms with E-state index >= 15 is 0 Å². The minimum absolute atomic E-state index is 0.288. The van der Waals surface area contributed by atoms with Crippen LogP contribution in [0.2, 0.25) is 0 Å². The van der Waals surface area contributed by atoms with Gasteiger partial charge in [0.1, 0.15) is 0 Å². The number of nitrogens with one attached hydrogen (secondary N) is 1. The highest BCUT2D eigenvalue weighted by Gasteiger charge is 2.17. The second kappa shape index (κ2) is 5.18. The van der Waals surface area contributed by atoms with E-state index in [1.807, 2.05) is 12.1 Å². The van der Waals surface area contributed by atoms with E-state index in [-0.39, 0.29) is 4.90 Å². The summed E-state index contributed by atoms with van der Waals surface area (Å²) in [5.41, 5.74) is 1.27. The molecule has 0 fully saturated rings. The molecule has 0 saturated carbocycles. The fourth-order valence-corrected chi connectivity index (χ4v) is 3.60. The third kappa shape index (κ3) is 2.60. The summed E-state index contributed by atoms with van der Waals surface area (Å²) in [4.78, 5) is 4.33. The topological polar surface area (TPSA) is 59.1 Å². The Morgan fingerprint density at radius 2 is 1.81 bits per heavy atom. The molecule has 0 amide bonds. The first-order valence-electron chi connectivity index (χ1n) is 6.49. The lowest BCUT2D eigenvalue weighted by molar-refractivity contribution is 0.600. The number of aromatic nitrogens is 1. The van der Waals surface area contributed by atoms with Crippen LogP contribution in [0.15, 0.2) is 65.8 Å². The molecular weight excluding hydrogens is 284 g/mol. The van der Waals surface area contributed by atoms with Gasteiger partial charge in [-0.3, -0.25) is 9.71 Å². The SMILES string of the molecule is Cc1ccccc1S(=O)(=O)Nc1cccc2cnccc12. The van der Waals surface area contributed by atoms with Gasteiger partial charge in [-0.25, -0.2) is 8.42 Å². The highest BCUT2D eigenvalue weighted by atomic mass is 32.2. The van der Waals surface area contributed by atoms with Gasteiger partial charge in [-0.1, -0.05) is 30.3 Å². The highest BCUT2D eigenvalue weighted by Crippen LogP contribution is 2.25. The molecule has 0 aliphatic rings. The average Bonchev–Trinajstić information content (AvgIpc) is 2.47. The van der Waals surface area contributed by atoms with Crippen LogP contribution in [0.3, 0.4) is 0 Å². The lowest BCUT2D eigenvalue weighted by Gasteiger charge is -2.12. The van der Waals surface area contributed by atoms with Crippen molar-refractivity contribution >= 4 is 26.5 Å². The van der Waals surface area contributed by atoms with Gasteiger partial charge in [-0.2, -0.15) is 0 Å². The highest BCUT2D eigenvalue weighted by molar-refractivity contribution is 7.92. The fourth-order valence-electron chi connectivity index (χ4n) is 2.27. The molecule has 0 spiro atoms. The van der Waals surface area contributed by atoms with Crippen molar-refractivity contribution in [3.63, 3.8) is 0 Å². The Bertz CT molecular complexity index is 900. The number of aryl methyl sites for hydroxylation is 1. The predicted octanol–water partition coefficient (Wildman–Crippen LogP) is 3.34. The molecule has 0 aliphatic heterocycles. The van der Waals surface area contributed by atoms with Crippen molar-refractivity contribution in [2.75, 3.05) is 4.72 Å². The van der Waals surface area contributed by atoms with Gasteiger partial charge in [-0.15, -0.1) is 0 Å². The minimum Gasteiger partial charge on any atom is -0.279 e. The molecule has 2 aromatic carbocycles. The molecule has 106 valence electrons. The molecule has 5 heteroatoms. The number of hydrogen-bond donors (Lipinski definition) is 1. The smallest absolute Gasteiger partial charge is 0.262 e. The van der Waals surface area contributed by atoms with Crippen LogP contribution in [-0.4, -0.2) is 13.4 Å². The van der Waals surface area contributed by atoms with Crippen molar-refractivity contribution in [2.24, 2.45) is 0 Å². The normalized spacial score (nSPS) is 11.5. The zero-order valence-electron chi connectivity index (χ0n) is 11.4. The summed E-state index contributed by atoms with van der Waals surface area (Å²) in [6.45, 7) is 1.78. The predicted molar refractivity (Wildman–Crippen MR) is 83.7 cm³/mol. The molecule has 0 aliphatic carbocycles. The number of hydrogen-bond acceptors (Lipinski definition) is 3. The standard InChI is InChI=1S/C16H14N2O2S/c1-12-5-2-3-8-16(12)21(19,20)18-15-7-4-6-13-11-17-10-9-14(13)15/h2-11,18H,1H3. The quantitative estimate of drug-likeness (QED) is 0.806. The Kier molecular flexibility index (Phi) is 3.35. The van der Waals surface area contributed by atoms with E-state index in [2.05, 4.69) is 9.71 Å². The van der Waals surface area contributed by atoms with Crippen LogP contribution < -0.4 is 4.72 Å². The summed E-state index contributed by atoms with van der Waals surface area (Å²) < 4.78 is 27.7. The molecule has 0 unspecified atom stereocenters. The molecule has 3 rings (SSSR count). The Balaban J connectivity index is 2.08. The number of nitrogens with zero attached hydrogens (tertiary/aromatic N) is 1. The number of pyridine rings is 1. The average molecular weight is 298 g/mol. The molecule has 1 heterocycles. The zero-order chi connectivity index (χ0) is 14.9. The van der Waals surface area contributed by atoms with Gasteiger partial charge in [0.25, 0.3) is 10.0 Å². The van der Waals surface area contributed by atoms with E-state index in [4.69, 9.17) is 0 Å². The molecule has 1 aromatic heterocycles. The summed E-state index contributed by atoms with van der Waals surface area (Å²) in [5, 5.41) is 1.71. The maximum atomic E-state index is 12.5. The third-order valence-corrected chi connectivity index (χ3v) is 4.83. The summed E-state index contributed by atoms with van der Waals surface area (Å²) in [5.74, 6) is 0. The molecule has 4 nitrogen and oxygen atoms in total. The summed E-state index contributed by atoms with van der Waals surface area (Å²) in [7, 11) is -3.61. The minimum atomic E-state index is -3.61. The van der Waals surface area contributed by atoms with E-state index in [1.165, 1.54) is 0 Å². The van der Waals surface area contributed by atoms with E-state index in [0.29, 0.717) is 11.3 Å². The van der Waals surface area contributed by atoms with Crippen molar-refractivity contribution in [1.82, 2.24) is 4.98 Å². The molecule has 0 atom stereocenters. The van der Waals surface area contributed by atoms with E-state index < -0.39 is 10.0 Å². The number of fused-ring (bicyclic) bond motifs is 1. The van der Waals surface area contributed by atoms with Gasteiger partial charge < -0.3 is 0 Å². The van der Waals surface area contributed by atoms with Crippen LogP contribution in [0.5, 0.6) is 0 Å². The summed E-state index contributed by atoms with van der Waals surface area (Å²) in [6.07, 6.45) is 3.36. The Morgan fingerprint density at radius 3 is 2.62 bits per heavy atom. The third-order valence-electron chi connectivity index (χ3n) is 3.31.